The van der Waals surface area contributed by atoms with E-state index in [1.165, 1.54) is 31.2 Å². The number of fused-ring (bicyclic) bond motifs is 2. The maximum atomic E-state index is 12.0. The highest BCUT2D eigenvalue weighted by Crippen LogP contribution is 2.28. The van der Waals surface area contributed by atoms with Crippen molar-refractivity contribution >= 4 is 28.5 Å². The first-order chi connectivity index (χ1) is 17.2. The van der Waals surface area contributed by atoms with Gasteiger partial charge in [-0.15, -0.1) is 0 Å². The highest BCUT2D eigenvalue weighted by atomic mass is 16.4. The van der Waals surface area contributed by atoms with Crippen molar-refractivity contribution in [3.8, 4) is 0 Å². The lowest BCUT2D eigenvalue weighted by molar-refractivity contribution is -0.138. The van der Waals surface area contributed by atoms with Crippen molar-refractivity contribution in [3.05, 3.63) is 54.0 Å². The summed E-state index contributed by atoms with van der Waals surface area (Å²) in [5.74, 6) is 0.792. The minimum atomic E-state index is -0.851. The summed E-state index contributed by atoms with van der Waals surface area (Å²) in [6.07, 6.45) is 9.88. The van der Waals surface area contributed by atoms with Crippen molar-refractivity contribution in [1.82, 2.24) is 19.9 Å². The van der Waals surface area contributed by atoms with Crippen LogP contribution < -0.4 is 10.6 Å². The highest BCUT2D eigenvalue weighted by Gasteiger charge is 2.30. The number of carboxylic acids is 1. The summed E-state index contributed by atoms with van der Waals surface area (Å²) in [7, 11) is 0. The second-order valence-electron chi connectivity index (χ2n) is 9.63. The lowest BCUT2D eigenvalue weighted by Crippen LogP contribution is -2.36. The molecule has 3 N–H and O–H groups in total. The van der Waals surface area contributed by atoms with E-state index in [9.17, 15) is 9.90 Å². The summed E-state index contributed by atoms with van der Waals surface area (Å²) in [6.45, 7) is 2.77. The van der Waals surface area contributed by atoms with E-state index in [-0.39, 0.29) is 0 Å². The van der Waals surface area contributed by atoms with Gasteiger partial charge in [0.2, 0.25) is 0 Å². The number of nitrogens with one attached hydrogen (secondary N) is 2. The zero-order valence-corrected chi connectivity index (χ0v) is 20.1. The average Bonchev–Trinajstić information content (AvgIpc) is 3.73. The Bertz CT molecular complexity index is 1160. The second-order valence-corrected chi connectivity index (χ2v) is 9.63. The summed E-state index contributed by atoms with van der Waals surface area (Å²) in [5, 5.41) is 17.3. The third-order valence-electron chi connectivity index (χ3n) is 7.00. The Morgan fingerprint density at radius 1 is 1.14 bits per heavy atom. The number of benzene rings is 1. The number of aromatic nitrogens is 3. The predicted molar refractivity (Wildman–Crippen MR) is 138 cm³/mol. The van der Waals surface area contributed by atoms with Crippen LogP contribution in [0.15, 0.2) is 42.7 Å². The zero-order chi connectivity index (χ0) is 24.0. The number of anilines is 2. The van der Waals surface area contributed by atoms with Gasteiger partial charge in [-0.25, -0.2) is 19.7 Å². The molecule has 8 heteroatoms. The van der Waals surface area contributed by atoms with Gasteiger partial charge < -0.3 is 20.6 Å². The molecule has 184 valence electrons. The first-order valence-corrected chi connectivity index (χ1v) is 12.8. The molecule has 8 nitrogen and oxygen atoms in total. The minimum Gasteiger partial charge on any atom is -0.480 e. The Labute approximate surface area is 206 Å². The Morgan fingerprint density at radius 2 is 2.03 bits per heavy atom. The van der Waals surface area contributed by atoms with E-state index in [0.29, 0.717) is 18.3 Å². The molecule has 0 radical (unpaired) electrons. The summed E-state index contributed by atoms with van der Waals surface area (Å²) >= 11 is 0. The normalized spacial score (nSPS) is 16.0. The highest BCUT2D eigenvalue weighted by molar-refractivity contribution is 5.90. The van der Waals surface area contributed by atoms with Gasteiger partial charge in [0.05, 0.1) is 5.52 Å². The predicted octanol–water partition coefficient (Wildman–Crippen LogP) is 4.13. The summed E-state index contributed by atoms with van der Waals surface area (Å²) in [4.78, 5) is 27.9. The van der Waals surface area contributed by atoms with Crippen molar-refractivity contribution in [2.45, 2.75) is 63.5 Å². The fourth-order valence-electron chi connectivity index (χ4n) is 4.88. The van der Waals surface area contributed by atoms with Crippen molar-refractivity contribution in [2.24, 2.45) is 0 Å². The molecule has 0 amide bonds. The fraction of sp³-hybridized carbons (Fsp3) is 0.481. The van der Waals surface area contributed by atoms with Crippen LogP contribution in [-0.2, 0) is 17.6 Å². The smallest absolute Gasteiger partial charge is 0.326 e. The number of pyridine rings is 1. The molecule has 1 saturated carbocycles. The zero-order valence-electron chi connectivity index (χ0n) is 20.1. The molecule has 2 aromatic heterocycles. The molecule has 3 heterocycles. The van der Waals surface area contributed by atoms with Gasteiger partial charge in [0, 0.05) is 30.2 Å². The van der Waals surface area contributed by atoms with Gasteiger partial charge >= 0.3 is 5.97 Å². The van der Waals surface area contributed by atoms with Gasteiger partial charge in [-0.1, -0.05) is 18.2 Å². The van der Waals surface area contributed by atoms with Crippen molar-refractivity contribution < 1.29 is 9.90 Å². The largest absolute Gasteiger partial charge is 0.480 e. The topological polar surface area (TPSA) is 103 Å². The fourth-order valence-corrected chi connectivity index (χ4v) is 4.88. The molecule has 0 spiro atoms. The van der Waals surface area contributed by atoms with Gasteiger partial charge in [-0.2, -0.15) is 0 Å². The van der Waals surface area contributed by atoms with Gasteiger partial charge in [0.1, 0.15) is 24.0 Å². The molecule has 0 bridgehead atoms. The second kappa shape index (κ2) is 11.0. The molecule has 1 aromatic carbocycles. The van der Waals surface area contributed by atoms with Crippen LogP contribution >= 0.6 is 0 Å². The first kappa shape index (κ1) is 23.5. The number of rotatable bonds is 12. The summed E-state index contributed by atoms with van der Waals surface area (Å²) in [5.41, 5.74) is 3.29. The Hall–Kier alpha value is -3.26. The number of nitrogens with zero attached hydrogens (tertiary/aromatic N) is 4. The van der Waals surface area contributed by atoms with E-state index in [1.54, 1.807) is 0 Å². The van der Waals surface area contributed by atoms with Crippen LogP contribution in [-0.4, -0.2) is 62.6 Å². The summed E-state index contributed by atoms with van der Waals surface area (Å²) in [6, 6.07) is 11.9. The Morgan fingerprint density at radius 3 is 2.89 bits per heavy atom. The van der Waals surface area contributed by atoms with Crippen LogP contribution in [0, 0.1) is 0 Å². The molecular weight excluding hydrogens is 440 g/mol. The van der Waals surface area contributed by atoms with Crippen molar-refractivity contribution in [3.63, 3.8) is 0 Å². The number of hydrogen-bond acceptors (Lipinski definition) is 7. The van der Waals surface area contributed by atoms with Crippen LogP contribution in [0.4, 0.5) is 11.6 Å². The Balaban J connectivity index is 1.13. The maximum absolute atomic E-state index is 12.0. The minimum absolute atomic E-state index is 0.530. The van der Waals surface area contributed by atoms with E-state index < -0.39 is 12.0 Å². The van der Waals surface area contributed by atoms with E-state index in [0.717, 1.165) is 67.7 Å². The van der Waals surface area contributed by atoms with E-state index in [2.05, 4.69) is 37.6 Å². The lowest BCUT2D eigenvalue weighted by atomic mass is 10.1. The van der Waals surface area contributed by atoms with Gasteiger partial charge in [-0.3, -0.25) is 0 Å². The number of para-hydroxylation sites is 1. The van der Waals surface area contributed by atoms with Crippen LogP contribution in [0.1, 0.15) is 49.8 Å². The van der Waals surface area contributed by atoms with Gasteiger partial charge in [0.15, 0.2) is 0 Å². The van der Waals surface area contributed by atoms with Crippen LogP contribution in [0.2, 0.25) is 0 Å². The molecule has 1 aliphatic carbocycles. The number of carbonyl (C=O) groups is 1. The molecule has 35 heavy (non-hydrogen) atoms. The van der Waals surface area contributed by atoms with Crippen LogP contribution in [0.3, 0.4) is 0 Å². The standard InChI is InChI=1S/C27H34N6O2/c34-27(35)24(32-26-22-8-1-2-9-23(22)29-18-30-26)14-17-33(21-12-13-21)16-4-3-7-20-11-10-19-6-5-15-28-25(19)31-20/h1-2,8-11,18,21,24H,3-7,12-17H2,(H,28,31)(H,34,35)(H,29,30,32). The quantitative estimate of drug-likeness (QED) is 0.337. The SMILES string of the molecule is O=C(O)C(CCN(CCCCc1ccc2c(n1)NCCC2)C1CC1)Nc1ncnc2ccccc12. The van der Waals surface area contributed by atoms with E-state index in [4.69, 9.17) is 4.98 Å². The molecule has 1 atom stereocenters. The molecule has 3 aromatic rings. The summed E-state index contributed by atoms with van der Waals surface area (Å²) < 4.78 is 0. The number of aliphatic carboxylic acids is 1. The number of aryl methyl sites for hydroxylation is 2. The van der Waals surface area contributed by atoms with Gasteiger partial charge in [-0.05, 0) is 81.7 Å². The number of carboxylic acid groups (broad SMARTS) is 1. The lowest BCUT2D eigenvalue weighted by Gasteiger charge is -2.24. The van der Waals surface area contributed by atoms with Gasteiger partial charge in [0.25, 0.3) is 0 Å². The Kier molecular flexibility index (Phi) is 7.37. The number of hydrogen-bond donors (Lipinski definition) is 3. The molecule has 1 aliphatic heterocycles. The number of unbranched alkanes of at least 4 members (excludes halogenated alkanes) is 1. The molecule has 5 rings (SSSR count). The molecule has 2 aliphatic rings. The molecule has 0 saturated heterocycles. The average molecular weight is 475 g/mol. The first-order valence-electron chi connectivity index (χ1n) is 12.8. The molecule has 1 unspecified atom stereocenters. The molecule has 1 fully saturated rings. The van der Waals surface area contributed by atoms with Crippen molar-refractivity contribution in [2.75, 3.05) is 30.3 Å². The van der Waals surface area contributed by atoms with Crippen LogP contribution in [0.25, 0.3) is 10.9 Å². The van der Waals surface area contributed by atoms with Crippen LogP contribution in [0.5, 0.6) is 0 Å². The monoisotopic (exact) mass is 474 g/mol. The molecular formula is C27H34N6O2. The van der Waals surface area contributed by atoms with E-state index in [1.807, 2.05) is 24.3 Å². The van der Waals surface area contributed by atoms with Crippen molar-refractivity contribution in [1.29, 1.82) is 0 Å². The third kappa shape index (κ3) is 6.06. The van der Waals surface area contributed by atoms with E-state index >= 15 is 0 Å². The third-order valence-corrected chi connectivity index (χ3v) is 7.00. The maximum Gasteiger partial charge on any atom is 0.326 e.